The number of nitriles is 1. The van der Waals surface area contributed by atoms with E-state index in [-0.39, 0.29) is 22.4 Å². The lowest BCUT2D eigenvalue weighted by molar-refractivity contribution is 0.101. The minimum absolute atomic E-state index is 0.203. The molecule has 3 rings (SSSR count). The first kappa shape index (κ1) is 11.4. The molecular weight excluding hydrogens is 260 g/mol. The van der Waals surface area contributed by atoms with Crippen molar-refractivity contribution in [1.29, 1.82) is 5.26 Å². The fourth-order valence-electron chi connectivity index (χ4n) is 2.08. The van der Waals surface area contributed by atoms with E-state index in [2.05, 4.69) is 0 Å². The number of nitrogen functional groups attached to an aromatic ring is 1. The van der Waals surface area contributed by atoms with Crippen LogP contribution in [0.2, 0.25) is 0 Å². The monoisotopic (exact) mass is 268 g/mol. The van der Waals surface area contributed by atoms with Crippen molar-refractivity contribution in [3.63, 3.8) is 0 Å². The third-order valence-electron chi connectivity index (χ3n) is 2.98. The van der Waals surface area contributed by atoms with Crippen molar-refractivity contribution in [1.82, 2.24) is 4.57 Å². The molecule has 19 heavy (non-hydrogen) atoms. The van der Waals surface area contributed by atoms with Gasteiger partial charge in [-0.2, -0.15) is 5.26 Å². The van der Waals surface area contributed by atoms with Gasteiger partial charge in [-0.25, -0.2) is 0 Å². The van der Waals surface area contributed by atoms with Gasteiger partial charge in [0, 0.05) is 0 Å². The Morgan fingerprint density at radius 1 is 1.26 bits per heavy atom. The highest BCUT2D eigenvalue weighted by Crippen LogP contribution is 2.29. The van der Waals surface area contributed by atoms with Crippen molar-refractivity contribution in [2.24, 2.45) is 0 Å². The van der Waals surface area contributed by atoms with Crippen LogP contribution in [0.1, 0.15) is 16.1 Å². The lowest BCUT2D eigenvalue weighted by atomic mass is 10.2. The highest BCUT2D eigenvalue weighted by atomic mass is 32.1. The Balaban J connectivity index is 2.15. The molecule has 0 unspecified atom stereocenters. The first-order valence-corrected chi connectivity index (χ1v) is 5.91. The SMILES string of the molecule is N#Cc1cc2n(c1N)C(=S)N(c1ccccc1)C2=O. The Hall–Kier alpha value is -2.65. The van der Waals surface area contributed by atoms with Crippen LogP contribution in [0.15, 0.2) is 36.4 Å². The molecule has 0 saturated carbocycles. The predicted octanol–water partition coefficient (Wildman–Crippen LogP) is 1.74. The number of para-hydroxylation sites is 1. The number of aromatic nitrogens is 1. The van der Waals surface area contributed by atoms with Crippen molar-refractivity contribution >= 4 is 34.7 Å². The van der Waals surface area contributed by atoms with Gasteiger partial charge in [-0.3, -0.25) is 14.3 Å². The van der Waals surface area contributed by atoms with Gasteiger partial charge in [0.2, 0.25) is 0 Å². The van der Waals surface area contributed by atoms with E-state index in [4.69, 9.17) is 23.2 Å². The van der Waals surface area contributed by atoms with Gasteiger partial charge in [0.05, 0.1) is 11.3 Å². The van der Waals surface area contributed by atoms with E-state index in [1.165, 1.54) is 15.5 Å². The zero-order chi connectivity index (χ0) is 13.6. The molecule has 2 N–H and O–H groups in total. The van der Waals surface area contributed by atoms with Crippen molar-refractivity contribution in [3.05, 3.63) is 47.7 Å². The summed E-state index contributed by atoms with van der Waals surface area (Å²) >= 11 is 5.28. The smallest absolute Gasteiger partial charge is 0.281 e. The molecular formula is C13H8N4OS. The van der Waals surface area contributed by atoms with E-state index in [1.54, 1.807) is 12.1 Å². The summed E-state index contributed by atoms with van der Waals surface area (Å²) in [5.74, 6) is -0.0707. The predicted molar refractivity (Wildman–Crippen MR) is 74.8 cm³/mol. The van der Waals surface area contributed by atoms with E-state index in [0.29, 0.717) is 11.4 Å². The number of thiocarbonyl (C=S) groups is 1. The van der Waals surface area contributed by atoms with Crippen LogP contribution in [0.3, 0.4) is 0 Å². The molecule has 92 valence electrons. The maximum atomic E-state index is 12.3. The molecule has 1 aromatic heterocycles. The molecule has 0 fully saturated rings. The van der Waals surface area contributed by atoms with Crippen LogP contribution < -0.4 is 10.6 Å². The second-order valence-corrected chi connectivity index (χ2v) is 4.40. The van der Waals surface area contributed by atoms with Gasteiger partial charge in [-0.1, -0.05) is 18.2 Å². The van der Waals surface area contributed by atoms with Crippen molar-refractivity contribution in [2.45, 2.75) is 0 Å². The number of carbonyl (C=O) groups is 1. The lowest BCUT2D eigenvalue weighted by Crippen LogP contribution is -2.31. The Morgan fingerprint density at radius 3 is 2.53 bits per heavy atom. The molecule has 0 spiro atoms. The van der Waals surface area contributed by atoms with E-state index < -0.39 is 0 Å². The molecule has 1 aromatic carbocycles. The number of amides is 1. The molecule has 0 aliphatic carbocycles. The summed E-state index contributed by atoms with van der Waals surface area (Å²) in [4.78, 5) is 13.7. The molecule has 0 radical (unpaired) electrons. The Labute approximate surface area is 114 Å². The second kappa shape index (κ2) is 3.93. The number of nitrogens with zero attached hydrogens (tertiary/aromatic N) is 3. The van der Waals surface area contributed by atoms with Gasteiger partial charge < -0.3 is 5.73 Å². The Morgan fingerprint density at radius 2 is 1.95 bits per heavy atom. The number of hydrogen-bond acceptors (Lipinski definition) is 4. The maximum absolute atomic E-state index is 12.3. The molecule has 0 bridgehead atoms. The molecule has 1 amide bonds. The third-order valence-corrected chi connectivity index (χ3v) is 3.34. The number of hydrogen-bond donors (Lipinski definition) is 1. The van der Waals surface area contributed by atoms with E-state index in [1.807, 2.05) is 24.3 Å². The highest BCUT2D eigenvalue weighted by Gasteiger charge is 2.36. The largest absolute Gasteiger partial charge is 0.384 e. The molecule has 6 heteroatoms. The number of carbonyl (C=O) groups excluding carboxylic acids is 1. The van der Waals surface area contributed by atoms with Gasteiger partial charge in [0.25, 0.3) is 5.91 Å². The molecule has 0 saturated heterocycles. The van der Waals surface area contributed by atoms with Gasteiger partial charge in [0.15, 0.2) is 5.11 Å². The summed E-state index contributed by atoms with van der Waals surface area (Å²) in [6.45, 7) is 0. The quantitative estimate of drug-likeness (QED) is 0.799. The number of anilines is 2. The number of benzene rings is 1. The third kappa shape index (κ3) is 1.46. The summed E-state index contributed by atoms with van der Waals surface area (Å²) in [6, 6.07) is 12.5. The van der Waals surface area contributed by atoms with E-state index in [0.717, 1.165) is 0 Å². The standard InChI is InChI=1S/C13H8N4OS/c14-7-8-6-10-12(18)16(9-4-2-1-3-5-9)13(19)17(10)11(8)15/h1-6H,15H2. The minimum Gasteiger partial charge on any atom is -0.384 e. The van der Waals surface area contributed by atoms with E-state index in [9.17, 15) is 4.79 Å². The highest BCUT2D eigenvalue weighted by molar-refractivity contribution is 7.80. The lowest BCUT2D eigenvalue weighted by Gasteiger charge is -2.15. The zero-order valence-electron chi connectivity index (χ0n) is 9.70. The topological polar surface area (TPSA) is 75.0 Å². The van der Waals surface area contributed by atoms with Crippen molar-refractivity contribution in [3.8, 4) is 6.07 Å². The summed E-state index contributed by atoms with van der Waals surface area (Å²) in [6.07, 6.45) is 0. The van der Waals surface area contributed by atoms with Gasteiger partial charge >= 0.3 is 0 Å². The van der Waals surface area contributed by atoms with Crippen molar-refractivity contribution < 1.29 is 4.79 Å². The van der Waals surface area contributed by atoms with Crippen LogP contribution in [0, 0.1) is 11.3 Å². The van der Waals surface area contributed by atoms with Crippen LogP contribution in [0.4, 0.5) is 11.5 Å². The van der Waals surface area contributed by atoms with Gasteiger partial charge in [-0.15, -0.1) is 0 Å². The number of rotatable bonds is 1. The molecule has 1 aliphatic rings. The van der Waals surface area contributed by atoms with E-state index >= 15 is 0 Å². The molecule has 0 atom stereocenters. The van der Waals surface area contributed by atoms with Crippen molar-refractivity contribution in [2.75, 3.05) is 10.6 Å². The summed E-state index contributed by atoms with van der Waals surface area (Å²) < 4.78 is 1.43. The second-order valence-electron chi connectivity index (χ2n) is 4.03. The van der Waals surface area contributed by atoms with Crippen LogP contribution in [0.5, 0.6) is 0 Å². The summed E-state index contributed by atoms with van der Waals surface area (Å²) in [7, 11) is 0. The summed E-state index contributed by atoms with van der Waals surface area (Å²) in [5.41, 5.74) is 7.10. The van der Waals surface area contributed by atoms with Crippen LogP contribution >= 0.6 is 12.2 Å². The van der Waals surface area contributed by atoms with Crippen LogP contribution in [0.25, 0.3) is 0 Å². The first-order chi connectivity index (χ1) is 9.15. The number of fused-ring (bicyclic) bond motifs is 1. The Bertz CT molecular complexity index is 742. The Kier molecular flexibility index (Phi) is 2.37. The maximum Gasteiger partial charge on any atom is 0.281 e. The van der Waals surface area contributed by atoms with Gasteiger partial charge in [0.1, 0.15) is 17.6 Å². The number of nitrogens with two attached hydrogens (primary N) is 1. The average Bonchev–Trinajstić information content (AvgIpc) is 2.88. The molecule has 2 aromatic rings. The fraction of sp³-hybridized carbons (Fsp3) is 0. The average molecular weight is 268 g/mol. The fourth-order valence-corrected chi connectivity index (χ4v) is 2.47. The first-order valence-electron chi connectivity index (χ1n) is 5.50. The minimum atomic E-state index is -0.274. The van der Waals surface area contributed by atoms with Crippen LogP contribution in [-0.4, -0.2) is 15.6 Å². The zero-order valence-corrected chi connectivity index (χ0v) is 10.5. The molecule has 2 heterocycles. The molecule has 1 aliphatic heterocycles. The summed E-state index contributed by atoms with van der Waals surface area (Å²) in [5, 5.41) is 9.19. The normalized spacial score (nSPS) is 13.5. The molecule has 5 nitrogen and oxygen atoms in total. The van der Waals surface area contributed by atoms with Gasteiger partial charge in [-0.05, 0) is 30.4 Å². The van der Waals surface area contributed by atoms with Crippen LogP contribution in [-0.2, 0) is 0 Å².